The van der Waals surface area contributed by atoms with Gasteiger partial charge in [0.25, 0.3) is 0 Å². The van der Waals surface area contributed by atoms with E-state index in [0.29, 0.717) is 23.8 Å². The van der Waals surface area contributed by atoms with Crippen LogP contribution in [0.15, 0.2) is 43.0 Å². The second-order valence-electron chi connectivity index (χ2n) is 12.0. The molecule has 234 valence electrons. The quantitative estimate of drug-likeness (QED) is 0.0945. The number of hydrogen-bond donors (Lipinski definition) is 0. The number of anilines is 1. The summed E-state index contributed by atoms with van der Waals surface area (Å²) < 4.78 is 0. The zero-order valence-electron chi connectivity index (χ0n) is 28.2. The number of aldehydes is 1. The van der Waals surface area contributed by atoms with E-state index in [1.807, 2.05) is 19.9 Å². The van der Waals surface area contributed by atoms with Crippen LogP contribution in [0.3, 0.4) is 0 Å². The van der Waals surface area contributed by atoms with E-state index in [0.717, 1.165) is 31.5 Å². The molecule has 4 atom stereocenters. The number of carbonyl (C=O) groups is 1. The van der Waals surface area contributed by atoms with Gasteiger partial charge in [-0.05, 0) is 75.2 Å². The monoisotopic (exact) mass is 568 g/mol. The van der Waals surface area contributed by atoms with Gasteiger partial charge in [0.1, 0.15) is 6.29 Å². The van der Waals surface area contributed by atoms with E-state index in [-0.39, 0.29) is 0 Å². The van der Waals surface area contributed by atoms with Crippen LogP contribution < -0.4 is 4.90 Å². The first kappa shape index (κ1) is 37.1. The number of unbranched alkanes of at least 4 members (excludes halogenated alkanes) is 2. The highest BCUT2D eigenvalue weighted by atomic mass is 16.1. The van der Waals surface area contributed by atoms with Crippen molar-refractivity contribution < 1.29 is 4.79 Å². The number of likely N-dealkylation sites (N-methyl/N-ethyl adjacent to an activating group) is 1. The van der Waals surface area contributed by atoms with Crippen molar-refractivity contribution in [3.8, 4) is 0 Å². The first-order valence-corrected chi connectivity index (χ1v) is 16.9. The van der Waals surface area contributed by atoms with Crippen LogP contribution in [0.25, 0.3) is 0 Å². The molecule has 1 aromatic rings. The highest BCUT2D eigenvalue weighted by Gasteiger charge is 2.23. The molecule has 1 aromatic carbocycles. The van der Waals surface area contributed by atoms with Gasteiger partial charge in [-0.1, -0.05) is 104 Å². The molecule has 0 spiro atoms. The number of likely N-dealkylation sites (tertiary alicyclic amines) is 1. The fraction of sp³-hybridized carbons (Fsp3) is 0.703. The van der Waals surface area contributed by atoms with Gasteiger partial charge in [-0.3, -0.25) is 9.69 Å². The highest BCUT2D eigenvalue weighted by molar-refractivity contribution is 5.78. The van der Waals surface area contributed by atoms with Crippen LogP contribution in [0.1, 0.15) is 122 Å². The molecule has 0 aromatic heterocycles. The summed E-state index contributed by atoms with van der Waals surface area (Å²) in [6.07, 6.45) is 18.0. The van der Waals surface area contributed by atoms with Crippen molar-refractivity contribution in [1.29, 1.82) is 0 Å². The first-order chi connectivity index (χ1) is 19.9. The molecule has 1 aliphatic heterocycles. The molecule has 1 fully saturated rings. The number of hydrogen-bond acceptors (Lipinski definition) is 4. The number of carbonyl (C=O) groups excluding carboxylic acids is 1. The van der Waals surface area contributed by atoms with Crippen LogP contribution in [0.2, 0.25) is 0 Å². The maximum atomic E-state index is 11.7. The number of nitrogens with zero attached hydrogens (tertiary/aromatic N) is 3. The van der Waals surface area contributed by atoms with Gasteiger partial charge >= 0.3 is 0 Å². The predicted octanol–water partition coefficient (Wildman–Crippen LogP) is 9.23. The summed E-state index contributed by atoms with van der Waals surface area (Å²) in [6.45, 7) is 26.3. The number of benzene rings is 1. The Kier molecular flexibility index (Phi) is 19.7. The molecule has 0 radical (unpaired) electrons. The lowest BCUT2D eigenvalue weighted by Gasteiger charge is -2.36. The molecule has 2 rings (SSSR count). The van der Waals surface area contributed by atoms with Gasteiger partial charge in [0.15, 0.2) is 0 Å². The van der Waals surface area contributed by atoms with Crippen molar-refractivity contribution in [3.05, 3.63) is 54.1 Å². The van der Waals surface area contributed by atoms with Crippen molar-refractivity contribution in [3.63, 3.8) is 0 Å². The average molecular weight is 568 g/mol. The fourth-order valence-electron chi connectivity index (χ4n) is 6.08. The zero-order valence-corrected chi connectivity index (χ0v) is 28.2. The maximum absolute atomic E-state index is 11.7. The molecule has 4 heteroatoms. The largest absolute Gasteiger partial charge is 0.373 e. The van der Waals surface area contributed by atoms with Crippen LogP contribution in [-0.2, 0) is 0 Å². The Bertz CT molecular complexity index is 860. The van der Waals surface area contributed by atoms with Crippen molar-refractivity contribution in [2.24, 2.45) is 11.8 Å². The minimum absolute atomic E-state index is 0.348. The standard InChI is InChI=1S/C35H59N3O.C2H6/c1-8-11-13-18-30(5)31(6)33-20-19-32(28-39)27-35(33)36(7)25-26-38(34(17-9-2)29(4)10-3)24-16-23-37-21-14-12-15-22-37;1-2/h9-10,17,19-20,27-31,34H,3,8,11-16,18,21-26H2,1-2,4-7H3;1-2H3/b17-9+;. The molecule has 4 nitrogen and oxygen atoms in total. The van der Waals surface area contributed by atoms with Crippen LogP contribution in [0, 0.1) is 11.8 Å². The number of allylic oxidation sites excluding steroid dienone is 1. The summed E-state index contributed by atoms with van der Waals surface area (Å²) in [5.41, 5.74) is 3.34. The summed E-state index contributed by atoms with van der Waals surface area (Å²) >= 11 is 0. The highest BCUT2D eigenvalue weighted by Crippen LogP contribution is 2.35. The summed E-state index contributed by atoms with van der Waals surface area (Å²) in [5.74, 6) is 1.46. The van der Waals surface area contributed by atoms with Crippen molar-refractivity contribution in [1.82, 2.24) is 9.80 Å². The lowest BCUT2D eigenvalue weighted by Crippen LogP contribution is -2.44. The molecule has 1 aliphatic rings. The lowest BCUT2D eigenvalue weighted by atomic mass is 9.84. The minimum atomic E-state index is 0.348. The van der Waals surface area contributed by atoms with Gasteiger partial charge in [-0.2, -0.15) is 0 Å². The Labute approximate surface area is 255 Å². The van der Waals surface area contributed by atoms with E-state index in [1.165, 1.54) is 82.3 Å². The Hall–Kier alpha value is -1.91. The molecule has 0 N–H and O–H groups in total. The average Bonchev–Trinajstić information content (AvgIpc) is 3.02. The fourth-order valence-corrected chi connectivity index (χ4v) is 6.08. The van der Waals surface area contributed by atoms with Crippen molar-refractivity contribution in [2.45, 2.75) is 112 Å². The van der Waals surface area contributed by atoms with E-state index in [4.69, 9.17) is 0 Å². The van der Waals surface area contributed by atoms with Gasteiger partial charge in [0, 0.05) is 44.0 Å². The molecule has 1 heterocycles. The van der Waals surface area contributed by atoms with Gasteiger partial charge in [-0.25, -0.2) is 0 Å². The minimum Gasteiger partial charge on any atom is -0.373 e. The van der Waals surface area contributed by atoms with E-state index in [1.54, 1.807) is 0 Å². The Morgan fingerprint density at radius 2 is 1.71 bits per heavy atom. The van der Waals surface area contributed by atoms with Crippen LogP contribution in [0.5, 0.6) is 0 Å². The Morgan fingerprint density at radius 3 is 2.32 bits per heavy atom. The normalized spacial score (nSPS) is 17.0. The Morgan fingerprint density at radius 1 is 1.00 bits per heavy atom. The van der Waals surface area contributed by atoms with Gasteiger partial charge in [0.05, 0.1) is 0 Å². The molecular weight excluding hydrogens is 502 g/mol. The summed E-state index contributed by atoms with van der Waals surface area (Å²) in [7, 11) is 2.20. The van der Waals surface area contributed by atoms with E-state index in [2.05, 4.69) is 93.3 Å². The van der Waals surface area contributed by atoms with Crippen LogP contribution in [-0.4, -0.2) is 68.4 Å². The second-order valence-corrected chi connectivity index (χ2v) is 12.0. The molecule has 0 bridgehead atoms. The second kappa shape index (κ2) is 21.7. The maximum Gasteiger partial charge on any atom is 0.150 e. The third-order valence-corrected chi connectivity index (χ3v) is 9.02. The van der Waals surface area contributed by atoms with Gasteiger partial charge in [0.2, 0.25) is 0 Å². The topological polar surface area (TPSA) is 26.8 Å². The van der Waals surface area contributed by atoms with Crippen molar-refractivity contribution in [2.75, 3.05) is 51.2 Å². The van der Waals surface area contributed by atoms with E-state index in [9.17, 15) is 4.79 Å². The molecule has 4 unspecified atom stereocenters. The predicted molar refractivity (Wildman–Crippen MR) is 183 cm³/mol. The van der Waals surface area contributed by atoms with Gasteiger partial charge in [-0.15, -0.1) is 6.58 Å². The van der Waals surface area contributed by atoms with E-state index < -0.39 is 0 Å². The third-order valence-electron chi connectivity index (χ3n) is 9.02. The third kappa shape index (κ3) is 12.9. The molecule has 0 aliphatic carbocycles. The molecule has 0 saturated carbocycles. The van der Waals surface area contributed by atoms with E-state index >= 15 is 0 Å². The summed E-state index contributed by atoms with van der Waals surface area (Å²) in [5, 5.41) is 0. The SMILES string of the molecule is C=CC(C)C(/C=C/C)N(CCCN1CCCCC1)CCN(C)c1cc(C=O)ccc1C(C)C(C)CCCCC.CC. The van der Waals surface area contributed by atoms with Crippen molar-refractivity contribution >= 4 is 12.0 Å². The summed E-state index contributed by atoms with van der Waals surface area (Å²) in [4.78, 5) is 19.4. The number of piperidine rings is 1. The first-order valence-electron chi connectivity index (χ1n) is 16.9. The summed E-state index contributed by atoms with van der Waals surface area (Å²) in [6, 6.07) is 6.65. The molecule has 1 saturated heterocycles. The molecule has 41 heavy (non-hydrogen) atoms. The molecule has 0 amide bonds. The van der Waals surface area contributed by atoms with Gasteiger partial charge < -0.3 is 9.80 Å². The number of rotatable bonds is 19. The molecular formula is C37H65N3O. The van der Waals surface area contributed by atoms with Crippen LogP contribution >= 0.6 is 0 Å². The zero-order chi connectivity index (χ0) is 30.6. The van der Waals surface area contributed by atoms with Crippen LogP contribution in [0.4, 0.5) is 5.69 Å². The lowest BCUT2D eigenvalue weighted by molar-refractivity contribution is 0.112. The Balaban J connectivity index is 0.00000411. The smallest absolute Gasteiger partial charge is 0.150 e.